The summed E-state index contributed by atoms with van der Waals surface area (Å²) in [5.41, 5.74) is 0.220. The van der Waals surface area contributed by atoms with E-state index < -0.39 is 17.8 Å². The van der Waals surface area contributed by atoms with Crippen molar-refractivity contribution in [3.8, 4) is 0 Å². The van der Waals surface area contributed by atoms with Gasteiger partial charge in [0.2, 0.25) is 0 Å². The third kappa shape index (κ3) is 4.59. The molecule has 4 rings (SSSR count). The molecule has 10 heteroatoms. The van der Waals surface area contributed by atoms with Crippen molar-refractivity contribution in [2.45, 2.75) is 9.99 Å². The molecule has 1 aliphatic heterocycles. The maximum Gasteiger partial charge on any atom is 0.335 e. The summed E-state index contributed by atoms with van der Waals surface area (Å²) in [5, 5.41) is 12.6. The van der Waals surface area contributed by atoms with Gasteiger partial charge in [-0.15, -0.1) is 0 Å². The van der Waals surface area contributed by atoms with Crippen molar-refractivity contribution in [2.24, 2.45) is 0 Å². The van der Waals surface area contributed by atoms with Crippen LogP contribution in [0.5, 0.6) is 0 Å². The monoisotopic (exact) mass is 484 g/mol. The Balaban J connectivity index is 1.58. The molecule has 7 nitrogen and oxygen atoms in total. The number of hydrogen-bond acceptors (Lipinski definition) is 6. The van der Waals surface area contributed by atoms with Crippen molar-refractivity contribution in [3.63, 3.8) is 0 Å². The quantitative estimate of drug-likeness (QED) is 0.310. The first kappa shape index (κ1) is 21.8. The van der Waals surface area contributed by atoms with Crippen LogP contribution in [-0.2, 0) is 9.59 Å². The molecule has 0 radical (unpaired) electrons. The molecule has 2 amide bonds. The topological polar surface area (TPSA) is 99.9 Å². The van der Waals surface area contributed by atoms with Crippen LogP contribution < -0.4 is 10.2 Å². The largest absolute Gasteiger partial charge is 0.478 e. The molecule has 32 heavy (non-hydrogen) atoms. The molecule has 1 fully saturated rings. The molecule has 1 saturated heterocycles. The molecule has 1 aromatic heterocycles. The van der Waals surface area contributed by atoms with Gasteiger partial charge in [0.15, 0.2) is 10.2 Å². The highest BCUT2D eigenvalue weighted by molar-refractivity contribution is 7.99. The normalized spacial score (nSPS) is 15.2. The van der Waals surface area contributed by atoms with Gasteiger partial charge >= 0.3 is 5.97 Å². The predicted molar refractivity (Wildman–Crippen MR) is 124 cm³/mol. The van der Waals surface area contributed by atoms with Crippen molar-refractivity contribution in [2.75, 3.05) is 4.90 Å². The average molecular weight is 485 g/mol. The van der Waals surface area contributed by atoms with Gasteiger partial charge in [-0.25, -0.2) is 4.79 Å². The molecule has 160 valence electrons. The van der Waals surface area contributed by atoms with Gasteiger partial charge in [-0.3, -0.25) is 19.8 Å². The van der Waals surface area contributed by atoms with Crippen molar-refractivity contribution in [1.82, 2.24) is 5.32 Å². The van der Waals surface area contributed by atoms with Crippen LogP contribution in [0.2, 0.25) is 5.02 Å². The van der Waals surface area contributed by atoms with Gasteiger partial charge in [0.05, 0.1) is 11.3 Å². The van der Waals surface area contributed by atoms with Gasteiger partial charge in [-0.05, 0) is 79.0 Å². The minimum atomic E-state index is -1.09. The summed E-state index contributed by atoms with van der Waals surface area (Å²) in [6, 6.07) is 16.2. The molecule has 2 heterocycles. The minimum absolute atomic E-state index is 0.0604. The second-order valence-corrected chi connectivity index (χ2v) is 8.42. The number of carbonyl (C=O) groups is 3. The van der Waals surface area contributed by atoms with Crippen molar-refractivity contribution >= 4 is 70.2 Å². The van der Waals surface area contributed by atoms with E-state index in [1.54, 1.807) is 24.3 Å². The summed E-state index contributed by atoms with van der Waals surface area (Å²) in [4.78, 5) is 38.5. The lowest BCUT2D eigenvalue weighted by atomic mass is 10.1. The minimum Gasteiger partial charge on any atom is -0.478 e. The van der Waals surface area contributed by atoms with Gasteiger partial charge in [-0.1, -0.05) is 23.4 Å². The molecule has 0 atom stereocenters. The van der Waals surface area contributed by atoms with E-state index in [9.17, 15) is 14.4 Å². The summed E-state index contributed by atoms with van der Waals surface area (Å²) in [6.07, 6.45) is 1.34. The molecule has 0 aliphatic carbocycles. The first-order valence-electron chi connectivity index (χ1n) is 9.10. The predicted octanol–water partition coefficient (Wildman–Crippen LogP) is 4.61. The number of thiocarbonyl (C=S) groups is 1. The molecule has 3 aromatic rings. The second-order valence-electron chi connectivity index (χ2n) is 6.52. The third-order valence-electron chi connectivity index (χ3n) is 4.39. The number of carboxylic acids is 1. The molecule has 1 aliphatic rings. The smallest absolute Gasteiger partial charge is 0.335 e. The molecule has 2 N–H and O–H groups in total. The summed E-state index contributed by atoms with van der Waals surface area (Å²) >= 11 is 12.4. The van der Waals surface area contributed by atoms with E-state index in [4.69, 9.17) is 33.3 Å². The van der Waals surface area contributed by atoms with E-state index in [2.05, 4.69) is 5.32 Å². The standard InChI is InChI=1S/C22H13ClN2O5S2/c23-13-3-8-16(9-4-13)32-18-10-7-15(30-18)11-17-19(26)24-22(31)25(20(17)27)14-5-1-12(2-6-14)21(28)29/h1-11H,(H,28,29)(H,24,26,31)/b17-11+. The Hall–Kier alpha value is -3.40. The number of carbonyl (C=O) groups excluding carboxylic acids is 2. The van der Waals surface area contributed by atoms with E-state index >= 15 is 0 Å². The highest BCUT2D eigenvalue weighted by atomic mass is 35.5. The van der Waals surface area contributed by atoms with Crippen molar-refractivity contribution in [1.29, 1.82) is 0 Å². The summed E-state index contributed by atoms with van der Waals surface area (Å²) < 4.78 is 5.73. The van der Waals surface area contributed by atoms with Gasteiger partial charge in [-0.2, -0.15) is 0 Å². The lowest BCUT2D eigenvalue weighted by molar-refractivity contribution is -0.122. The van der Waals surface area contributed by atoms with Crippen LogP contribution in [0.3, 0.4) is 0 Å². The van der Waals surface area contributed by atoms with E-state index in [-0.39, 0.29) is 16.2 Å². The number of anilines is 1. The van der Waals surface area contributed by atoms with Crippen LogP contribution in [-0.4, -0.2) is 28.0 Å². The number of halogens is 1. The molecular weight excluding hydrogens is 472 g/mol. The molecule has 2 aromatic carbocycles. The zero-order valence-corrected chi connectivity index (χ0v) is 18.5. The SMILES string of the molecule is O=C1NC(=S)N(c2ccc(C(=O)O)cc2)C(=O)/C1=C/c1ccc(Sc2ccc(Cl)cc2)o1. The number of nitrogens with one attached hydrogen (secondary N) is 1. The van der Waals surface area contributed by atoms with Crippen LogP contribution in [0.15, 0.2) is 80.6 Å². The lowest BCUT2D eigenvalue weighted by Crippen LogP contribution is -2.54. The number of nitrogens with zero attached hydrogens (tertiary/aromatic N) is 1. The van der Waals surface area contributed by atoms with Crippen LogP contribution in [0.25, 0.3) is 6.08 Å². The van der Waals surface area contributed by atoms with Crippen LogP contribution in [0.1, 0.15) is 16.1 Å². The third-order valence-corrected chi connectivity index (χ3v) is 5.86. The number of aromatic carboxylic acids is 1. The van der Waals surface area contributed by atoms with Gasteiger partial charge in [0.1, 0.15) is 11.3 Å². The Morgan fingerprint density at radius 2 is 1.75 bits per heavy atom. The zero-order valence-electron chi connectivity index (χ0n) is 16.1. The maximum atomic E-state index is 13.0. The molecule has 0 bridgehead atoms. The number of hydrogen-bond donors (Lipinski definition) is 2. The first-order chi connectivity index (χ1) is 15.3. The fourth-order valence-corrected chi connectivity index (χ4v) is 4.06. The molecule has 0 unspecified atom stereocenters. The van der Waals surface area contributed by atoms with Crippen LogP contribution in [0, 0.1) is 0 Å². The first-order valence-corrected chi connectivity index (χ1v) is 10.7. The number of amides is 2. The molecule has 0 spiro atoms. The lowest BCUT2D eigenvalue weighted by Gasteiger charge is -2.28. The maximum absolute atomic E-state index is 13.0. The zero-order chi connectivity index (χ0) is 22.8. The molecular formula is C22H13ClN2O5S2. The number of furan rings is 1. The highest BCUT2D eigenvalue weighted by Crippen LogP contribution is 2.31. The fraction of sp³-hybridized carbons (Fsp3) is 0. The Morgan fingerprint density at radius 1 is 1.06 bits per heavy atom. The number of benzene rings is 2. The Labute approximate surface area is 196 Å². The Kier molecular flexibility index (Phi) is 6.13. The van der Waals surface area contributed by atoms with E-state index in [1.165, 1.54) is 42.1 Å². The fourth-order valence-electron chi connectivity index (χ4n) is 2.87. The van der Waals surface area contributed by atoms with Crippen molar-refractivity contribution < 1.29 is 23.9 Å². The summed E-state index contributed by atoms with van der Waals surface area (Å²) in [6.45, 7) is 0. The Bertz CT molecular complexity index is 1270. The van der Waals surface area contributed by atoms with Crippen LogP contribution in [0.4, 0.5) is 5.69 Å². The summed E-state index contributed by atoms with van der Waals surface area (Å²) in [7, 11) is 0. The van der Waals surface area contributed by atoms with Gasteiger partial charge in [0.25, 0.3) is 11.8 Å². The average Bonchev–Trinajstić information content (AvgIpc) is 3.20. The van der Waals surface area contributed by atoms with Gasteiger partial charge < -0.3 is 9.52 Å². The van der Waals surface area contributed by atoms with E-state index in [0.29, 0.717) is 21.6 Å². The Morgan fingerprint density at radius 3 is 2.41 bits per heavy atom. The second kappa shape index (κ2) is 8.99. The van der Waals surface area contributed by atoms with Gasteiger partial charge in [0, 0.05) is 9.92 Å². The number of carboxylic acid groups (broad SMARTS) is 1. The highest BCUT2D eigenvalue weighted by Gasteiger charge is 2.34. The van der Waals surface area contributed by atoms with E-state index in [1.807, 2.05) is 12.1 Å². The van der Waals surface area contributed by atoms with E-state index in [0.717, 1.165) is 9.80 Å². The summed E-state index contributed by atoms with van der Waals surface area (Å²) in [5.74, 6) is -2.08. The number of rotatable bonds is 5. The van der Waals surface area contributed by atoms with Crippen LogP contribution >= 0.6 is 35.6 Å². The molecule has 0 saturated carbocycles. The van der Waals surface area contributed by atoms with Crippen molar-refractivity contribution in [3.05, 3.63) is 82.6 Å².